The quantitative estimate of drug-likeness (QED) is 0.794. The minimum atomic E-state index is -0.294. The van der Waals surface area contributed by atoms with Gasteiger partial charge in [-0.3, -0.25) is 4.90 Å². The van der Waals surface area contributed by atoms with Crippen LogP contribution in [0.25, 0.3) is 0 Å². The van der Waals surface area contributed by atoms with E-state index >= 15 is 0 Å². The normalized spacial score (nSPS) is 17.0. The molecule has 2 aromatic carbocycles. The van der Waals surface area contributed by atoms with Gasteiger partial charge in [-0.2, -0.15) is 0 Å². The highest BCUT2D eigenvalue weighted by atomic mass is 35.5. The first-order valence-corrected chi connectivity index (χ1v) is 9.66. The highest BCUT2D eigenvalue weighted by Gasteiger charge is 2.19. The van der Waals surface area contributed by atoms with Crippen LogP contribution in [0.4, 0.5) is 5.69 Å². The number of anilines is 1. The van der Waals surface area contributed by atoms with Gasteiger partial charge in [-0.15, -0.1) is 11.8 Å². The summed E-state index contributed by atoms with van der Waals surface area (Å²) in [6.07, 6.45) is -0.294. The second kappa shape index (κ2) is 8.77. The van der Waals surface area contributed by atoms with Crippen LogP contribution in [-0.4, -0.2) is 54.6 Å². The Balaban J connectivity index is 1.41. The SMILES string of the molecule is O[C@@H](CSc1ccccc1)CN1CCN(c2ccc(Cl)cc2)CC1. The zero-order chi connectivity index (χ0) is 16.8. The van der Waals surface area contributed by atoms with Gasteiger partial charge in [0.1, 0.15) is 0 Å². The van der Waals surface area contributed by atoms with E-state index in [1.165, 1.54) is 10.6 Å². The van der Waals surface area contributed by atoms with E-state index in [0.29, 0.717) is 0 Å². The smallest absolute Gasteiger partial charge is 0.0760 e. The molecule has 0 unspecified atom stereocenters. The molecule has 24 heavy (non-hydrogen) atoms. The summed E-state index contributed by atoms with van der Waals surface area (Å²) in [6.45, 7) is 4.68. The Kier molecular flexibility index (Phi) is 6.44. The zero-order valence-electron chi connectivity index (χ0n) is 13.6. The summed E-state index contributed by atoms with van der Waals surface area (Å²) in [5.74, 6) is 0.738. The van der Waals surface area contributed by atoms with Crippen molar-refractivity contribution in [3.8, 4) is 0 Å². The number of rotatable bonds is 6. The van der Waals surface area contributed by atoms with Gasteiger partial charge >= 0.3 is 0 Å². The highest BCUT2D eigenvalue weighted by molar-refractivity contribution is 7.99. The number of aliphatic hydroxyl groups is 1. The third-order valence-corrected chi connectivity index (χ3v) is 5.63. The fourth-order valence-corrected chi connectivity index (χ4v) is 3.87. The minimum Gasteiger partial charge on any atom is -0.391 e. The molecule has 128 valence electrons. The van der Waals surface area contributed by atoms with Gasteiger partial charge in [-0.05, 0) is 36.4 Å². The van der Waals surface area contributed by atoms with Crippen LogP contribution in [-0.2, 0) is 0 Å². The van der Waals surface area contributed by atoms with Crippen molar-refractivity contribution in [2.24, 2.45) is 0 Å². The second-order valence-corrected chi connectivity index (χ2v) is 7.57. The van der Waals surface area contributed by atoms with Crippen LogP contribution in [0.5, 0.6) is 0 Å². The Morgan fingerprint density at radius 3 is 2.29 bits per heavy atom. The number of hydrogen-bond donors (Lipinski definition) is 1. The largest absolute Gasteiger partial charge is 0.391 e. The fraction of sp³-hybridized carbons (Fsp3) is 0.368. The molecule has 3 nitrogen and oxygen atoms in total. The first kappa shape index (κ1) is 17.6. The number of benzene rings is 2. The Morgan fingerprint density at radius 1 is 0.958 bits per heavy atom. The molecule has 1 saturated heterocycles. The van der Waals surface area contributed by atoms with Gasteiger partial charge in [0.25, 0.3) is 0 Å². The van der Waals surface area contributed by atoms with Crippen LogP contribution in [0.15, 0.2) is 59.5 Å². The molecule has 0 aromatic heterocycles. The average Bonchev–Trinajstić information content (AvgIpc) is 2.62. The van der Waals surface area contributed by atoms with Gasteiger partial charge in [-0.1, -0.05) is 29.8 Å². The molecule has 0 radical (unpaired) electrons. The van der Waals surface area contributed by atoms with Crippen molar-refractivity contribution in [2.45, 2.75) is 11.0 Å². The molecule has 1 fully saturated rings. The van der Waals surface area contributed by atoms with E-state index in [9.17, 15) is 5.11 Å². The Morgan fingerprint density at radius 2 is 1.62 bits per heavy atom. The van der Waals surface area contributed by atoms with Gasteiger partial charge in [0, 0.05) is 54.1 Å². The van der Waals surface area contributed by atoms with Crippen molar-refractivity contribution in [3.63, 3.8) is 0 Å². The molecular weight excluding hydrogens is 340 g/mol. The molecule has 0 bridgehead atoms. The van der Waals surface area contributed by atoms with Crippen LogP contribution in [0, 0.1) is 0 Å². The summed E-state index contributed by atoms with van der Waals surface area (Å²) in [5, 5.41) is 11.1. The summed E-state index contributed by atoms with van der Waals surface area (Å²) < 4.78 is 0. The van der Waals surface area contributed by atoms with Crippen molar-refractivity contribution in [1.82, 2.24) is 4.90 Å². The maximum Gasteiger partial charge on any atom is 0.0760 e. The van der Waals surface area contributed by atoms with Gasteiger partial charge in [0.05, 0.1) is 6.10 Å². The zero-order valence-corrected chi connectivity index (χ0v) is 15.2. The van der Waals surface area contributed by atoms with E-state index < -0.39 is 0 Å². The highest BCUT2D eigenvalue weighted by Crippen LogP contribution is 2.21. The molecule has 1 aliphatic heterocycles. The van der Waals surface area contributed by atoms with E-state index in [0.717, 1.165) is 43.5 Å². The number of β-amino-alcohol motifs (C(OH)–C–C–N with tert-alkyl or cyclic N) is 1. The summed E-state index contributed by atoms with van der Waals surface area (Å²) in [5.41, 5.74) is 1.22. The summed E-state index contributed by atoms with van der Waals surface area (Å²) in [4.78, 5) is 5.93. The number of halogens is 1. The summed E-state index contributed by atoms with van der Waals surface area (Å²) in [6, 6.07) is 18.3. The molecule has 0 amide bonds. The topological polar surface area (TPSA) is 26.7 Å². The minimum absolute atomic E-state index is 0.294. The molecule has 3 rings (SSSR count). The first-order chi connectivity index (χ1) is 11.7. The third kappa shape index (κ3) is 5.15. The lowest BCUT2D eigenvalue weighted by Crippen LogP contribution is -2.48. The van der Waals surface area contributed by atoms with Crippen molar-refractivity contribution in [1.29, 1.82) is 0 Å². The molecule has 5 heteroatoms. The molecule has 0 spiro atoms. The van der Waals surface area contributed by atoms with Gasteiger partial charge in [0.15, 0.2) is 0 Å². The lowest BCUT2D eigenvalue weighted by Gasteiger charge is -2.36. The van der Waals surface area contributed by atoms with Crippen LogP contribution < -0.4 is 4.90 Å². The molecule has 0 saturated carbocycles. The average molecular weight is 363 g/mol. The maximum atomic E-state index is 10.3. The Labute approximate surface area is 153 Å². The number of aliphatic hydroxyl groups excluding tert-OH is 1. The first-order valence-electron chi connectivity index (χ1n) is 8.29. The molecular formula is C19H23ClN2OS. The number of nitrogens with zero attached hydrogens (tertiary/aromatic N) is 2. The molecule has 0 aliphatic carbocycles. The third-order valence-electron chi connectivity index (χ3n) is 4.22. The molecule has 1 heterocycles. The van der Waals surface area contributed by atoms with Crippen molar-refractivity contribution in [2.75, 3.05) is 43.4 Å². The van der Waals surface area contributed by atoms with E-state index in [1.807, 2.05) is 30.3 Å². The second-order valence-electron chi connectivity index (χ2n) is 6.04. The van der Waals surface area contributed by atoms with Gasteiger partial charge < -0.3 is 10.0 Å². The summed E-state index contributed by atoms with van der Waals surface area (Å²) in [7, 11) is 0. The predicted octanol–water partition coefficient (Wildman–Crippen LogP) is 3.62. The Bertz CT molecular complexity index is 615. The molecule has 2 aromatic rings. The van der Waals surface area contributed by atoms with Gasteiger partial charge in [0.2, 0.25) is 0 Å². The van der Waals surface area contributed by atoms with E-state index in [4.69, 9.17) is 11.6 Å². The molecule has 1 N–H and O–H groups in total. The maximum absolute atomic E-state index is 10.3. The van der Waals surface area contributed by atoms with E-state index in [2.05, 4.69) is 34.1 Å². The Hall–Kier alpha value is -1.20. The van der Waals surface area contributed by atoms with E-state index in [1.54, 1.807) is 11.8 Å². The number of thioether (sulfide) groups is 1. The van der Waals surface area contributed by atoms with Crippen molar-refractivity contribution < 1.29 is 5.11 Å². The van der Waals surface area contributed by atoms with Crippen LogP contribution in [0.3, 0.4) is 0 Å². The van der Waals surface area contributed by atoms with Crippen molar-refractivity contribution in [3.05, 3.63) is 59.6 Å². The number of piperazine rings is 1. The lowest BCUT2D eigenvalue weighted by molar-refractivity contribution is 0.126. The lowest BCUT2D eigenvalue weighted by atomic mass is 10.2. The standard InChI is InChI=1S/C19H23ClN2OS/c20-16-6-8-17(9-7-16)22-12-10-21(11-13-22)14-18(23)15-24-19-4-2-1-3-5-19/h1-9,18,23H,10-15H2/t18-/m1/s1. The summed E-state index contributed by atoms with van der Waals surface area (Å²) >= 11 is 7.66. The van der Waals surface area contributed by atoms with Crippen molar-refractivity contribution >= 4 is 29.1 Å². The predicted molar refractivity (Wildman–Crippen MR) is 103 cm³/mol. The monoisotopic (exact) mass is 362 g/mol. The van der Waals surface area contributed by atoms with Crippen LogP contribution in [0.1, 0.15) is 0 Å². The number of hydrogen-bond acceptors (Lipinski definition) is 4. The molecule has 1 atom stereocenters. The van der Waals surface area contributed by atoms with E-state index in [-0.39, 0.29) is 6.10 Å². The molecule has 1 aliphatic rings. The fourth-order valence-electron chi connectivity index (χ4n) is 2.90. The van der Waals surface area contributed by atoms with Crippen LogP contribution in [0.2, 0.25) is 5.02 Å². The van der Waals surface area contributed by atoms with Gasteiger partial charge in [-0.25, -0.2) is 0 Å². The van der Waals surface area contributed by atoms with Crippen LogP contribution >= 0.6 is 23.4 Å².